The Morgan fingerprint density at radius 2 is 2.00 bits per heavy atom. The average Bonchev–Trinajstić information content (AvgIpc) is 2.98. The summed E-state index contributed by atoms with van der Waals surface area (Å²) in [6.45, 7) is 6.09. The molecule has 0 aliphatic carbocycles. The molecular formula is C16H24N4O. The van der Waals surface area contributed by atoms with E-state index in [1.165, 1.54) is 5.56 Å². The summed E-state index contributed by atoms with van der Waals surface area (Å²) in [5, 5.41) is 7.84. The van der Waals surface area contributed by atoms with Gasteiger partial charge in [-0.2, -0.15) is 5.10 Å². The second kappa shape index (κ2) is 7.78. The molecule has 5 heteroatoms. The fourth-order valence-electron chi connectivity index (χ4n) is 2.36. The monoisotopic (exact) mass is 288 g/mol. The van der Waals surface area contributed by atoms with Crippen molar-refractivity contribution < 1.29 is 4.74 Å². The number of aryl methyl sites for hydroxylation is 1. The van der Waals surface area contributed by atoms with Gasteiger partial charge in [0.2, 0.25) is 0 Å². The Labute approximate surface area is 126 Å². The molecule has 1 aromatic heterocycles. The molecule has 0 saturated heterocycles. The van der Waals surface area contributed by atoms with Crippen LogP contribution in [0.5, 0.6) is 5.75 Å². The number of rotatable bonds is 8. The fraction of sp³-hybridized carbons (Fsp3) is 0.500. The van der Waals surface area contributed by atoms with Gasteiger partial charge in [-0.25, -0.2) is 4.98 Å². The second-order valence-electron chi connectivity index (χ2n) is 4.98. The van der Waals surface area contributed by atoms with Crippen LogP contribution in [-0.2, 0) is 13.0 Å². The lowest BCUT2D eigenvalue weighted by Crippen LogP contribution is -2.25. The largest absolute Gasteiger partial charge is 0.497 e. The van der Waals surface area contributed by atoms with Crippen LogP contribution >= 0.6 is 0 Å². The maximum absolute atomic E-state index is 5.23. The summed E-state index contributed by atoms with van der Waals surface area (Å²) in [7, 11) is 1.69. The quantitative estimate of drug-likeness (QED) is 0.811. The van der Waals surface area contributed by atoms with E-state index in [-0.39, 0.29) is 6.04 Å². The molecule has 2 rings (SSSR count). The molecule has 0 aliphatic rings. The van der Waals surface area contributed by atoms with Crippen molar-refractivity contribution in [2.24, 2.45) is 0 Å². The van der Waals surface area contributed by atoms with Gasteiger partial charge < -0.3 is 10.1 Å². The van der Waals surface area contributed by atoms with Crippen LogP contribution in [0.2, 0.25) is 0 Å². The lowest BCUT2D eigenvalue weighted by molar-refractivity contribution is 0.414. The third kappa shape index (κ3) is 4.04. The summed E-state index contributed by atoms with van der Waals surface area (Å²) < 4.78 is 7.17. The van der Waals surface area contributed by atoms with Crippen molar-refractivity contribution in [2.75, 3.05) is 13.7 Å². The van der Waals surface area contributed by atoms with Gasteiger partial charge in [-0.3, -0.25) is 4.68 Å². The molecule has 1 aromatic carbocycles. The van der Waals surface area contributed by atoms with Crippen LogP contribution in [0.15, 0.2) is 30.6 Å². The molecule has 1 unspecified atom stereocenters. The highest BCUT2D eigenvalue weighted by Gasteiger charge is 2.15. The number of aromatic nitrogens is 3. The standard InChI is InChI=1S/C16H24N4O/c1-4-10-17-15(11-16-18-12-19-20(16)5-2)13-6-8-14(21-3)9-7-13/h6-9,12,15,17H,4-5,10-11H2,1-3H3. The van der Waals surface area contributed by atoms with E-state index in [9.17, 15) is 0 Å². The molecule has 0 aliphatic heterocycles. The molecule has 1 atom stereocenters. The smallest absolute Gasteiger partial charge is 0.138 e. The topological polar surface area (TPSA) is 52.0 Å². The Hall–Kier alpha value is -1.88. The van der Waals surface area contributed by atoms with Crippen molar-refractivity contribution in [2.45, 2.75) is 39.3 Å². The number of hydrogen-bond donors (Lipinski definition) is 1. The van der Waals surface area contributed by atoms with E-state index in [0.717, 1.165) is 37.5 Å². The van der Waals surface area contributed by atoms with E-state index in [0.29, 0.717) is 0 Å². The summed E-state index contributed by atoms with van der Waals surface area (Å²) in [6.07, 6.45) is 3.57. The van der Waals surface area contributed by atoms with E-state index in [1.807, 2.05) is 16.8 Å². The van der Waals surface area contributed by atoms with Crippen molar-refractivity contribution in [1.29, 1.82) is 0 Å². The van der Waals surface area contributed by atoms with Crippen LogP contribution < -0.4 is 10.1 Å². The van der Waals surface area contributed by atoms with Crippen LogP contribution in [0, 0.1) is 0 Å². The molecule has 5 nitrogen and oxygen atoms in total. The normalized spacial score (nSPS) is 12.3. The number of ether oxygens (including phenoxy) is 1. The first kappa shape index (κ1) is 15.5. The Kier molecular flexibility index (Phi) is 5.75. The number of methoxy groups -OCH3 is 1. The average molecular weight is 288 g/mol. The lowest BCUT2D eigenvalue weighted by Gasteiger charge is -2.19. The molecule has 21 heavy (non-hydrogen) atoms. The van der Waals surface area contributed by atoms with Gasteiger partial charge in [-0.05, 0) is 37.6 Å². The van der Waals surface area contributed by atoms with Gasteiger partial charge in [-0.1, -0.05) is 19.1 Å². The van der Waals surface area contributed by atoms with Gasteiger partial charge in [0.1, 0.15) is 17.9 Å². The minimum Gasteiger partial charge on any atom is -0.497 e. The first-order valence-electron chi connectivity index (χ1n) is 7.52. The van der Waals surface area contributed by atoms with Crippen LogP contribution in [0.3, 0.4) is 0 Å². The van der Waals surface area contributed by atoms with E-state index >= 15 is 0 Å². The van der Waals surface area contributed by atoms with Crippen molar-refractivity contribution in [3.63, 3.8) is 0 Å². The highest BCUT2D eigenvalue weighted by Crippen LogP contribution is 2.20. The first-order chi connectivity index (χ1) is 10.3. The zero-order chi connectivity index (χ0) is 15.1. The Morgan fingerprint density at radius 3 is 2.62 bits per heavy atom. The number of hydrogen-bond acceptors (Lipinski definition) is 4. The molecule has 0 saturated carbocycles. The molecule has 0 spiro atoms. The van der Waals surface area contributed by atoms with E-state index in [2.05, 4.69) is 41.4 Å². The summed E-state index contributed by atoms with van der Waals surface area (Å²) in [5.74, 6) is 1.90. The SMILES string of the molecule is CCCNC(Cc1ncnn1CC)c1ccc(OC)cc1. The van der Waals surface area contributed by atoms with E-state index in [4.69, 9.17) is 4.74 Å². The van der Waals surface area contributed by atoms with Gasteiger partial charge in [0, 0.05) is 19.0 Å². The Balaban J connectivity index is 2.16. The molecule has 2 aromatic rings. The minimum absolute atomic E-state index is 0.241. The molecule has 0 fully saturated rings. The molecule has 114 valence electrons. The van der Waals surface area contributed by atoms with Crippen molar-refractivity contribution in [3.8, 4) is 5.75 Å². The third-order valence-electron chi connectivity index (χ3n) is 3.54. The van der Waals surface area contributed by atoms with Crippen molar-refractivity contribution >= 4 is 0 Å². The number of nitrogens with one attached hydrogen (secondary N) is 1. The maximum Gasteiger partial charge on any atom is 0.138 e. The van der Waals surface area contributed by atoms with Crippen molar-refractivity contribution in [3.05, 3.63) is 42.0 Å². The Morgan fingerprint density at radius 1 is 1.24 bits per heavy atom. The van der Waals surface area contributed by atoms with E-state index < -0.39 is 0 Å². The Bertz CT molecular complexity index is 535. The minimum atomic E-state index is 0.241. The summed E-state index contributed by atoms with van der Waals surface area (Å²) in [6, 6.07) is 8.46. The summed E-state index contributed by atoms with van der Waals surface area (Å²) >= 11 is 0. The van der Waals surface area contributed by atoms with Crippen molar-refractivity contribution in [1.82, 2.24) is 20.1 Å². The second-order valence-corrected chi connectivity index (χ2v) is 4.98. The zero-order valence-electron chi connectivity index (χ0n) is 13.0. The summed E-state index contributed by atoms with van der Waals surface area (Å²) in [4.78, 5) is 4.38. The highest BCUT2D eigenvalue weighted by atomic mass is 16.5. The van der Waals surface area contributed by atoms with Gasteiger partial charge in [0.05, 0.1) is 7.11 Å². The van der Waals surface area contributed by atoms with Crippen LogP contribution in [0.25, 0.3) is 0 Å². The molecule has 0 bridgehead atoms. The fourth-order valence-corrected chi connectivity index (χ4v) is 2.36. The van der Waals surface area contributed by atoms with Gasteiger partial charge >= 0.3 is 0 Å². The molecule has 1 heterocycles. The first-order valence-corrected chi connectivity index (χ1v) is 7.52. The van der Waals surface area contributed by atoms with Gasteiger partial charge in [-0.15, -0.1) is 0 Å². The van der Waals surface area contributed by atoms with Crippen LogP contribution in [-0.4, -0.2) is 28.4 Å². The molecule has 1 N–H and O–H groups in total. The predicted molar refractivity (Wildman–Crippen MR) is 83.4 cm³/mol. The molecular weight excluding hydrogens is 264 g/mol. The zero-order valence-corrected chi connectivity index (χ0v) is 13.0. The number of benzene rings is 1. The highest BCUT2D eigenvalue weighted by molar-refractivity contribution is 5.29. The lowest BCUT2D eigenvalue weighted by atomic mass is 10.0. The van der Waals surface area contributed by atoms with Crippen LogP contribution in [0.4, 0.5) is 0 Å². The predicted octanol–water partition coefficient (Wildman–Crippen LogP) is 2.59. The van der Waals surface area contributed by atoms with Gasteiger partial charge in [0.15, 0.2) is 0 Å². The third-order valence-corrected chi connectivity index (χ3v) is 3.54. The summed E-state index contributed by atoms with van der Waals surface area (Å²) in [5.41, 5.74) is 1.25. The van der Waals surface area contributed by atoms with E-state index in [1.54, 1.807) is 13.4 Å². The van der Waals surface area contributed by atoms with Crippen LogP contribution in [0.1, 0.15) is 37.7 Å². The molecule has 0 radical (unpaired) electrons. The maximum atomic E-state index is 5.23. The molecule has 0 amide bonds. The van der Waals surface area contributed by atoms with Gasteiger partial charge in [0.25, 0.3) is 0 Å². The number of nitrogens with zero attached hydrogens (tertiary/aromatic N) is 3.